The zero-order valence-electron chi connectivity index (χ0n) is 18.0. The number of pyridine rings is 1. The number of fused-ring (bicyclic) bond motifs is 2. The summed E-state index contributed by atoms with van der Waals surface area (Å²) in [5.41, 5.74) is 0.626. The third-order valence-electron chi connectivity index (χ3n) is 5.75. The van der Waals surface area contributed by atoms with Gasteiger partial charge in [-0.15, -0.1) is 0 Å². The van der Waals surface area contributed by atoms with Crippen LogP contribution < -0.4 is 15.0 Å². The van der Waals surface area contributed by atoms with Crippen molar-refractivity contribution in [3.05, 3.63) is 87.8 Å². The summed E-state index contributed by atoms with van der Waals surface area (Å²) in [6, 6.07) is 16.0. The molecule has 1 fully saturated rings. The summed E-state index contributed by atoms with van der Waals surface area (Å²) in [7, 11) is 1.54. The quantitative estimate of drug-likeness (QED) is 0.568. The highest BCUT2D eigenvalue weighted by atomic mass is 16.7. The molecule has 0 amide bonds. The maximum absolute atomic E-state index is 13.5. The zero-order chi connectivity index (χ0) is 23.1. The second kappa shape index (κ2) is 8.31. The van der Waals surface area contributed by atoms with Crippen LogP contribution in [0.5, 0.6) is 11.5 Å². The fourth-order valence-electron chi connectivity index (χ4n) is 4.09. The summed E-state index contributed by atoms with van der Waals surface area (Å²) in [6.07, 6.45) is -1.01. The van der Waals surface area contributed by atoms with E-state index in [0.717, 1.165) is 5.56 Å². The first-order chi connectivity index (χ1) is 16.0. The van der Waals surface area contributed by atoms with E-state index in [-0.39, 0.29) is 29.3 Å². The molecular formula is C25H21NO7. The fourth-order valence-corrected chi connectivity index (χ4v) is 4.09. The number of ketones is 2. The predicted molar refractivity (Wildman–Crippen MR) is 117 cm³/mol. The van der Waals surface area contributed by atoms with Gasteiger partial charge in [-0.25, -0.2) is 0 Å². The van der Waals surface area contributed by atoms with Gasteiger partial charge < -0.3 is 18.9 Å². The number of carbonyl (C=O) groups excluding carboxylic acids is 2. The Bertz CT molecular complexity index is 1280. The van der Waals surface area contributed by atoms with Gasteiger partial charge in [-0.1, -0.05) is 30.3 Å². The lowest BCUT2D eigenvalue weighted by molar-refractivity contribution is -0.239. The van der Waals surface area contributed by atoms with Crippen LogP contribution >= 0.6 is 0 Å². The van der Waals surface area contributed by atoms with Crippen LogP contribution in [0.3, 0.4) is 0 Å². The van der Waals surface area contributed by atoms with Crippen LogP contribution in [0.4, 0.5) is 0 Å². The number of Topliss-reactive ketones (excluding diaryl/α,β-unsaturated/α-hetero) is 2. The fraction of sp³-hybridized carbons (Fsp3) is 0.240. The van der Waals surface area contributed by atoms with Crippen LogP contribution in [0.15, 0.2) is 65.6 Å². The van der Waals surface area contributed by atoms with E-state index >= 15 is 0 Å². The van der Waals surface area contributed by atoms with Gasteiger partial charge in [0, 0.05) is 17.4 Å². The second-order valence-electron chi connectivity index (χ2n) is 7.83. The van der Waals surface area contributed by atoms with Crippen molar-refractivity contribution in [2.45, 2.75) is 25.4 Å². The molecule has 8 nitrogen and oxygen atoms in total. The summed E-state index contributed by atoms with van der Waals surface area (Å²) in [5.74, 6) is -0.268. The minimum atomic E-state index is -0.932. The monoisotopic (exact) mass is 447 g/mol. The van der Waals surface area contributed by atoms with E-state index in [1.165, 1.54) is 24.8 Å². The van der Waals surface area contributed by atoms with Gasteiger partial charge in [0.25, 0.3) is 5.56 Å². The molecule has 0 bridgehead atoms. The minimum Gasteiger partial charge on any atom is -0.497 e. The van der Waals surface area contributed by atoms with Gasteiger partial charge in [-0.2, -0.15) is 0 Å². The molecule has 1 aromatic heterocycles. The van der Waals surface area contributed by atoms with Gasteiger partial charge >= 0.3 is 0 Å². The standard InChI is InChI=1S/C25H21NO7/c1-14(27)20-22-18(12-26(24(20)29)16-8-10-17(30-2)11-9-16)21(28)23-19(32-22)13-31-25(33-23)15-6-4-3-5-7-15/h3-12,19,23,25H,13H2,1-2H3/t19-,23-,25-/m1/s1. The smallest absolute Gasteiger partial charge is 0.269 e. The van der Waals surface area contributed by atoms with Gasteiger partial charge in [-0.3, -0.25) is 19.0 Å². The first-order valence-electron chi connectivity index (χ1n) is 10.5. The Balaban J connectivity index is 1.58. The molecular weight excluding hydrogens is 426 g/mol. The largest absolute Gasteiger partial charge is 0.497 e. The average Bonchev–Trinajstić information content (AvgIpc) is 2.84. The Hall–Kier alpha value is -3.75. The maximum atomic E-state index is 13.5. The summed E-state index contributed by atoms with van der Waals surface area (Å²) in [4.78, 5) is 39.1. The summed E-state index contributed by atoms with van der Waals surface area (Å²) in [5, 5.41) is 0. The van der Waals surface area contributed by atoms with E-state index in [4.69, 9.17) is 18.9 Å². The van der Waals surface area contributed by atoms with Gasteiger partial charge in [-0.05, 0) is 31.2 Å². The van der Waals surface area contributed by atoms with E-state index in [1.54, 1.807) is 24.3 Å². The van der Waals surface area contributed by atoms with E-state index in [1.807, 2.05) is 30.3 Å². The lowest BCUT2D eigenvalue weighted by Crippen LogP contribution is -2.52. The molecule has 0 radical (unpaired) electrons. The molecule has 0 unspecified atom stereocenters. The molecule has 2 aliphatic rings. The van der Waals surface area contributed by atoms with Gasteiger partial charge in [0.1, 0.15) is 17.1 Å². The van der Waals surface area contributed by atoms with Crippen LogP contribution in [0.2, 0.25) is 0 Å². The zero-order valence-corrected chi connectivity index (χ0v) is 18.0. The van der Waals surface area contributed by atoms with Crippen molar-refractivity contribution in [3.8, 4) is 17.2 Å². The van der Waals surface area contributed by atoms with Crippen LogP contribution in [0, 0.1) is 0 Å². The number of hydrogen-bond donors (Lipinski definition) is 0. The number of nitrogens with zero attached hydrogens (tertiary/aromatic N) is 1. The van der Waals surface area contributed by atoms with E-state index in [0.29, 0.717) is 11.4 Å². The highest BCUT2D eigenvalue weighted by Crippen LogP contribution is 2.37. The number of hydrogen-bond acceptors (Lipinski definition) is 7. The number of ether oxygens (including phenoxy) is 4. The van der Waals surface area contributed by atoms with Crippen molar-refractivity contribution in [3.63, 3.8) is 0 Å². The van der Waals surface area contributed by atoms with Crippen molar-refractivity contribution in [2.24, 2.45) is 0 Å². The Morgan fingerprint density at radius 3 is 2.45 bits per heavy atom. The summed E-state index contributed by atoms with van der Waals surface area (Å²) < 4.78 is 24.1. The van der Waals surface area contributed by atoms with Gasteiger partial charge in [0.15, 0.2) is 24.3 Å². The molecule has 0 saturated carbocycles. The van der Waals surface area contributed by atoms with Crippen LogP contribution in [0.25, 0.3) is 5.69 Å². The number of methoxy groups -OCH3 is 1. The van der Waals surface area contributed by atoms with Gasteiger partial charge in [0.05, 0.1) is 19.3 Å². The maximum Gasteiger partial charge on any atom is 0.269 e. The molecule has 2 aliphatic heterocycles. The van der Waals surface area contributed by atoms with Crippen LogP contribution in [0.1, 0.15) is 39.5 Å². The Morgan fingerprint density at radius 1 is 1.06 bits per heavy atom. The molecule has 0 N–H and O–H groups in total. The number of rotatable bonds is 4. The summed E-state index contributed by atoms with van der Waals surface area (Å²) >= 11 is 0. The molecule has 5 rings (SSSR count). The Labute approximate surface area is 189 Å². The SMILES string of the molecule is COc1ccc(-n2cc3c(c(C(C)=O)c2=O)O[C@@H]2CO[C@@H](c4ccccc4)O[C@H]2C3=O)cc1. The third-order valence-corrected chi connectivity index (χ3v) is 5.75. The molecule has 33 heavy (non-hydrogen) atoms. The second-order valence-corrected chi connectivity index (χ2v) is 7.83. The molecule has 1 saturated heterocycles. The van der Waals surface area contributed by atoms with Gasteiger partial charge in [0.2, 0.25) is 5.78 Å². The normalized spacial score (nSPS) is 21.5. The van der Waals surface area contributed by atoms with Crippen LogP contribution in [-0.4, -0.2) is 42.1 Å². The highest BCUT2D eigenvalue weighted by Gasteiger charge is 2.45. The average molecular weight is 447 g/mol. The van der Waals surface area contributed by atoms with Crippen molar-refractivity contribution in [2.75, 3.05) is 13.7 Å². The first-order valence-corrected chi connectivity index (χ1v) is 10.5. The highest BCUT2D eigenvalue weighted by molar-refractivity contribution is 6.07. The van der Waals surface area contributed by atoms with Crippen molar-refractivity contribution in [1.29, 1.82) is 0 Å². The predicted octanol–water partition coefficient (Wildman–Crippen LogP) is 3.11. The number of benzene rings is 2. The third kappa shape index (κ3) is 3.63. The van der Waals surface area contributed by atoms with Crippen molar-refractivity contribution >= 4 is 11.6 Å². The van der Waals surface area contributed by atoms with Crippen molar-refractivity contribution in [1.82, 2.24) is 4.57 Å². The van der Waals surface area contributed by atoms with Crippen LogP contribution in [-0.2, 0) is 9.47 Å². The molecule has 3 aromatic rings. The Morgan fingerprint density at radius 2 is 1.79 bits per heavy atom. The van der Waals surface area contributed by atoms with E-state index in [2.05, 4.69) is 0 Å². The van der Waals surface area contributed by atoms with Crippen molar-refractivity contribution < 1.29 is 28.5 Å². The topological polar surface area (TPSA) is 93.1 Å². The van der Waals surface area contributed by atoms with E-state index < -0.39 is 29.8 Å². The molecule has 8 heteroatoms. The minimum absolute atomic E-state index is 0.0196. The Kier molecular flexibility index (Phi) is 5.32. The lowest BCUT2D eigenvalue weighted by atomic mass is 9.95. The summed E-state index contributed by atoms with van der Waals surface area (Å²) in [6.45, 7) is 1.35. The molecule has 3 atom stereocenters. The molecule has 0 spiro atoms. The number of carbonyl (C=O) groups is 2. The first kappa shape index (κ1) is 21.1. The van der Waals surface area contributed by atoms with E-state index in [9.17, 15) is 14.4 Å². The molecule has 3 heterocycles. The number of aromatic nitrogens is 1. The molecule has 168 valence electrons. The molecule has 2 aromatic carbocycles. The molecule has 0 aliphatic carbocycles. The lowest BCUT2D eigenvalue weighted by Gasteiger charge is -2.39.